The zero-order chi connectivity index (χ0) is 13.7. The van der Waals surface area contributed by atoms with Crippen LogP contribution in [0.3, 0.4) is 0 Å². The predicted octanol–water partition coefficient (Wildman–Crippen LogP) is 0.0907. The van der Waals surface area contributed by atoms with Gasteiger partial charge in [-0.05, 0) is 23.8 Å². The Labute approximate surface area is 101 Å². The van der Waals surface area contributed by atoms with Crippen molar-refractivity contribution in [2.45, 2.75) is 12.6 Å². The molecule has 0 aliphatic heterocycles. The van der Waals surface area contributed by atoms with Gasteiger partial charge < -0.3 is 15.5 Å². The van der Waals surface area contributed by atoms with Gasteiger partial charge >= 0.3 is 12.2 Å². The molecule has 0 heterocycles. The number of nitrogens with one attached hydrogen (secondary N) is 1. The lowest BCUT2D eigenvalue weighted by Crippen LogP contribution is -2.21. The van der Waals surface area contributed by atoms with Crippen LogP contribution in [0.1, 0.15) is 15.9 Å². The van der Waals surface area contributed by atoms with Crippen LogP contribution in [0.15, 0.2) is 18.2 Å². The van der Waals surface area contributed by atoms with Crippen LogP contribution in [0.2, 0.25) is 0 Å². The molecule has 1 amide bonds. The first kappa shape index (κ1) is 13.6. The number of aliphatic hydroxyl groups excluding tert-OH is 1. The number of carbonyl (C=O) groups is 2. The van der Waals surface area contributed by atoms with Crippen LogP contribution in [-0.2, 0) is 11.2 Å². The van der Waals surface area contributed by atoms with Gasteiger partial charge in [0.25, 0.3) is 0 Å². The SMILES string of the molecule is O=CNc1cc(CC(O)[N+](=O)[O-])cc(C(=O)O)c1. The second-order valence-corrected chi connectivity index (χ2v) is 3.46. The third kappa shape index (κ3) is 3.52. The van der Waals surface area contributed by atoms with E-state index in [2.05, 4.69) is 5.32 Å². The molecule has 0 spiro atoms. The Balaban J connectivity index is 3.06. The molecule has 8 nitrogen and oxygen atoms in total. The summed E-state index contributed by atoms with van der Waals surface area (Å²) in [6.07, 6.45) is -1.81. The van der Waals surface area contributed by atoms with Crippen molar-refractivity contribution < 1.29 is 24.7 Å². The van der Waals surface area contributed by atoms with Crippen molar-refractivity contribution in [2.75, 3.05) is 5.32 Å². The number of carboxylic acid groups (broad SMARTS) is 1. The number of aliphatic hydroxyl groups is 1. The molecule has 0 aromatic heterocycles. The van der Waals surface area contributed by atoms with E-state index in [1.165, 1.54) is 18.2 Å². The van der Waals surface area contributed by atoms with Crippen molar-refractivity contribution in [1.82, 2.24) is 0 Å². The van der Waals surface area contributed by atoms with E-state index in [-0.39, 0.29) is 23.2 Å². The third-order valence-electron chi connectivity index (χ3n) is 2.13. The van der Waals surface area contributed by atoms with Gasteiger partial charge in [0.05, 0.1) is 16.9 Å². The highest BCUT2D eigenvalue weighted by atomic mass is 16.7. The zero-order valence-electron chi connectivity index (χ0n) is 9.07. The fraction of sp³-hybridized carbons (Fsp3) is 0.200. The number of nitro groups is 1. The Morgan fingerprint density at radius 1 is 1.50 bits per heavy atom. The Morgan fingerprint density at radius 3 is 2.67 bits per heavy atom. The van der Waals surface area contributed by atoms with Crippen molar-refractivity contribution in [3.05, 3.63) is 39.4 Å². The number of amides is 1. The van der Waals surface area contributed by atoms with Crippen LogP contribution in [0, 0.1) is 10.1 Å². The Morgan fingerprint density at radius 2 is 2.17 bits per heavy atom. The van der Waals surface area contributed by atoms with E-state index in [1.807, 2.05) is 0 Å². The molecule has 1 rings (SSSR count). The highest BCUT2D eigenvalue weighted by molar-refractivity contribution is 5.90. The minimum Gasteiger partial charge on any atom is -0.478 e. The third-order valence-corrected chi connectivity index (χ3v) is 2.13. The number of hydrogen-bond donors (Lipinski definition) is 3. The minimum absolute atomic E-state index is 0.132. The van der Waals surface area contributed by atoms with Crippen molar-refractivity contribution in [1.29, 1.82) is 0 Å². The molecule has 0 bridgehead atoms. The lowest BCUT2D eigenvalue weighted by atomic mass is 10.1. The summed E-state index contributed by atoms with van der Waals surface area (Å²) in [6.45, 7) is 0. The van der Waals surface area contributed by atoms with Gasteiger partial charge in [-0.15, -0.1) is 0 Å². The van der Waals surface area contributed by atoms with Crippen molar-refractivity contribution in [3.63, 3.8) is 0 Å². The first-order valence-corrected chi connectivity index (χ1v) is 4.83. The summed E-state index contributed by atoms with van der Waals surface area (Å²) in [5, 5.41) is 30.5. The maximum absolute atomic E-state index is 10.8. The molecule has 1 unspecified atom stereocenters. The van der Waals surface area contributed by atoms with Crippen LogP contribution < -0.4 is 5.32 Å². The molecule has 1 aromatic carbocycles. The molecule has 0 aliphatic rings. The number of carboxylic acids is 1. The molecule has 0 saturated heterocycles. The summed E-state index contributed by atoms with van der Waals surface area (Å²) in [7, 11) is 0. The summed E-state index contributed by atoms with van der Waals surface area (Å²) in [5.74, 6) is -1.23. The van der Waals surface area contributed by atoms with Crippen LogP contribution in [-0.4, -0.2) is 33.7 Å². The molecule has 3 N–H and O–H groups in total. The summed E-state index contributed by atoms with van der Waals surface area (Å²) < 4.78 is 0. The second-order valence-electron chi connectivity index (χ2n) is 3.46. The van der Waals surface area contributed by atoms with Gasteiger partial charge in [0.2, 0.25) is 6.41 Å². The fourth-order valence-corrected chi connectivity index (χ4v) is 1.37. The molecule has 0 radical (unpaired) electrons. The minimum atomic E-state index is -1.82. The van der Waals surface area contributed by atoms with Gasteiger partial charge in [-0.2, -0.15) is 0 Å². The highest BCUT2D eigenvalue weighted by Gasteiger charge is 2.17. The molecule has 8 heteroatoms. The molecular formula is C10H10N2O6. The van der Waals surface area contributed by atoms with Gasteiger partial charge in [-0.3, -0.25) is 14.9 Å². The summed E-state index contributed by atoms with van der Waals surface area (Å²) in [5.41, 5.74) is 0.297. The first-order valence-electron chi connectivity index (χ1n) is 4.83. The maximum atomic E-state index is 10.8. The Hall–Kier alpha value is -2.48. The van der Waals surface area contributed by atoms with Gasteiger partial charge in [-0.1, -0.05) is 0 Å². The maximum Gasteiger partial charge on any atom is 0.335 e. The smallest absolute Gasteiger partial charge is 0.335 e. The van der Waals surface area contributed by atoms with E-state index >= 15 is 0 Å². The highest BCUT2D eigenvalue weighted by Crippen LogP contribution is 2.16. The quantitative estimate of drug-likeness (QED) is 0.285. The topological polar surface area (TPSA) is 130 Å². The second kappa shape index (κ2) is 5.73. The molecular weight excluding hydrogens is 244 g/mol. The summed E-state index contributed by atoms with van der Waals surface area (Å²) in [4.78, 5) is 30.5. The molecule has 18 heavy (non-hydrogen) atoms. The van der Waals surface area contributed by atoms with Crippen LogP contribution in [0.25, 0.3) is 0 Å². The summed E-state index contributed by atoms with van der Waals surface area (Å²) in [6, 6.07) is 3.76. The fourth-order valence-electron chi connectivity index (χ4n) is 1.37. The van der Waals surface area contributed by atoms with Gasteiger partial charge in [0, 0.05) is 5.69 Å². The molecule has 0 fully saturated rings. The van der Waals surface area contributed by atoms with E-state index < -0.39 is 17.1 Å². The number of anilines is 1. The number of hydrogen-bond acceptors (Lipinski definition) is 5. The Bertz CT molecular complexity index is 487. The average Bonchev–Trinajstić information content (AvgIpc) is 2.28. The normalized spacial score (nSPS) is 11.6. The molecule has 1 atom stereocenters. The number of rotatable bonds is 6. The zero-order valence-corrected chi connectivity index (χ0v) is 9.07. The number of carbonyl (C=O) groups excluding carboxylic acids is 1. The van der Waals surface area contributed by atoms with Gasteiger partial charge in [0.1, 0.15) is 0 Å². The van der Waals surface area contributed by atoms with E-state index in [9.17, 15) is 19.7 Å². The monoisotopic (exact) mass is 254 g/mol. The average molecular weight is 254 g/mol. The van der Waals surface area contributed by atoms with Crippen LogP contribution in [0.4, 0.5) is 5.69 Å². The van der Waals surface area contributed by atoms with Crippen LogP contribution >= 0.6 is 0 Å². The van der Waals surface area contributed by atoms with Crippen molar-refractivity contribution >= 4 is 18.1 Å². The van der Waals surface area contributed by atoms with Crippen molar-refractivity contribution in [3.8, 4) is 0 Å². The summed E-state index contributed by atoms with van der Waals surface area (Å²) >= 11 is 0. The largest absolute Gasteiger partial charge is 0.478 e. The Kier molecular flexibility index (Phi) is 4.33. The van der Waals surface area contributed by atoms with Crippen molar-refractivity contribution in [2.24, 2.45) is 0 Å². The van der Waals surface area contributed by atoms with E-state index in [1.54, 1.807) is 0 Å². The van der Waals surface area contributed by atoms with Crippen LogP contribution in [0.5, 0.6) is 0 Å². The molecule has 96 valence electrons. The standard InChI is InChI=1S/C10H10N2O6/c13-5-11-8-2-6(3-9(14)12(17)18)1-7(4-8)10(15)16/h1-2,4-5,9,14H,3H2,(H,11,13)(H,15,16). The molecule has 0 aliphatic carbocycles. The lowest BCUT2D eigenvalue weighted by Gasteiger charge is -2.07. The number of nitrogens with zero attached hydrogens (tertiary/aromatic N) is 1. The first-order chi connectivity index (χ1) is 8.43. The van der Waals surface area contributed by atoms with E-state index in [0.717, 1.165) is 0 Å². The van der Waals surface area contributed by atoms with Gasteiger partial charge in [0.15, 0.2) is 0 Å². The molecule has 0 saturated carbocycles. The number of benzene rings is 1. The number of aromatic carboxylic acids is 1. The predicted molar refractivity (Wildman–Crippen MR) is 59.8 cm³/mol. The van der Waals surface area contributed by atoms with E-state index in [4.69, 9.17) is 10.2 Å². The van der Waals surface area contributed by atoms with E-state index in [0.29, 0.717) is 6.41 Å². The lowest BCUT2D eigenvalue weighted by molar-refractivity contribution is -0.569. The molecule has 1 aromatic rings. The van der Waals surface area contributed by atoms with Gasteiger partial charge in [-0.25, -0.2) is 4.79 Å².